The number of nitrogens with one attached hydrogen (secondary N) is 4. The van der Waals surface area contributed by atoms with E-state index in [0.29, 0.717) is 5.56 Å². The number of benzene rings is 1. The van der Waals surface area contributed by atoms with Crippen molar-refractivity contribution in [3.8, 4) is 11.5 Å². The van der Waals surface area contributed by atoms with Crippen molar-refractivity contribution in [1.82, 2.24) is 31.1 Å². The van der Waals surface area contributed by atoms with E-state index >= 15 is 0 Å². The van der Waals surface area contributed by atoms with Crippen LogP contribution in [0.2, 0.25) is 0 Å². The third-order valence-corrected chi connectivity index (χ3v) is 4.91. The molecule has 1 aromatic rings. The molecule has 0 aromatic heterocycles. The highest BCUT2D eigenvalue weighted by Gasteiger charge is 2.21. The number of aryl methyl sites for hydroxylation is 1. The van der Waals surface area contributed by atoms with Gasteiger partial charge in [0.2, 0.25) is 23.6 Å². The van der Waals surface area contributed by atoms with E-state index in [1.165, 1.54) is 34.3 Å². The maximum absolute atomic E-state index is 12.6. The van der Waals surface area contributed by atoms with E-state index in [2.05, 4.69) is 21.3 Å². The first kappa shape index (κ1) is 30.7. The van der Waals surface area contributed by atoms with Crippen LogP contribution in [0.4, 0.5) is 0 Å². The summed E-state index contributed by atoms with van der Waals surface area (Å²) in [7, 11) is 5.65. The molecule has 14 heteroatoms. The number of likely N-dealkylation sites (N-methyl/N-ethyl adjacent to an activating group) is 4. The number of nitrogens with zero attached hydrogens (tertiary/aromatic N) is 2. The van der Waals surface area contributed by atoms with Gasteiger partial charge in [-0.1, -0.05) is 0 Å². The molecule has 0 unspecified atom stereocenters. The third kappa shape index (κ3) is 11.3. The summed E-state index contributed by atoms with van der Waals surface area (Å²) in [6.07, 6.45) is 0. The molecule has 0 heterocycles. The van der Waals surface area contributed by atoms with Crippen LogP contribution in [-0.4, -0.2) is 113 Å². The third-order valence-electron chi connectivity index (χ3n) is 4.91. The Hall–Kier alpha value is -4.36. The van der Waals surface area contributed by atoms with Gasteiger partial charge in [0.25, 0.3) is 11.8 Å². The number of rotatable bonds is 14. The molecule has 0 atom stereocenters. The average molecular weight is 523 g/mol. The number of amides is 6. The molecule has 0 aliphatic carbocycles. The minimum absolute atomic E-state index is 0.253. The Morgan fingerprint density at radius 1 is 0.595 bits per heavy atom. The second-order valence-electron chi connectivity index (χ2n) is 7.75. The molecule has 0 aliphatic heterocycles. The summed E-state index contributed by atoms with van der Waals surface area (Å²) < 4.78 is 11.1. The molecule has 0 saturated heterocycles. The van der Waals surface area contributed by atoms with Gasteiger partial charge in [-0.3, -0.25) is 28.8 Å². The molecule has 0 spiro atoms. The summed E-state index contributed by atoms with van der Waals surface area (Å²) in [5.41, 5.74) is 0.701. The number of ether oxygens (including phenoxy) is 2. The summed E-state index contributed by atoms with van der Waals surface area (Å²) in [5.74, 6) is -2.47. The Balaban J connectivity index is 2.86. The molecule has 6 amide bonds. The standard InChI is InChI=1S/C23H34N6O8/c1-15-6-16(36-13-22(34)28(9-18(30)24-2)10-19(31)25-3)8-17(7-15)37-14-23(35)29(11-20(32)26-4)12-21(33)27-5/h6-8H,9-14H2,1-5H3,(H,24,30)(H,25,31)(H,26,32)(H,27,33). The highest BCUT2D eigenvalue weighted by molar-refractivity contribution is 5.90. The Morgan fingerprint density at radius 2 is 0.892 bits per heavy atom. The monoisotopic (exact) mass is 522 g/mol. The van der Waals surface area contributed by atoms with Crippen molar-refractivity contribution >= 4 is 35.4 Å². The van der Waals surface area contributed by atoms with Crippen LogP contribution >= 0.6 is 0 Å². The number of carbonyl (C=O) groups is 6. The minimum Gasteiger partial charge on any atom is -0.484 e. The summed E-state index contributed by atoms with van der Waals surface area (Å²) in [4.78, 5) is 74.2. The number of hydrogen-bond acceptors (Lipinski definition) is 8. The fraction of sp³-hybridized carbons (Fsp3) is 0.478. The molecule has 204 valence electrons. The van der Waals surface area contributed by atoms with Crippen LogP contribution in [0.5, 0.6) is 11.5 Å². The van der Waals surface area contributed by atoms with Crippen molar-refractivity contribution in [1.29, 1.82) is 0 Å². The normalized spacial score (nSPS) is 9.97. The highest BCUT2D eigenvalue weighted by atomic mass is 16.5. The zero-order valence-corrected chi connectivity index (χ0v) is 21.6. The fourth-order valence-electron chi connectivity index (χ4n) is 2.83. The molecule has 14 nitrogen and oxygen atoms in total. The van der Waals surface area contributed by atoms with Gasteiger partial charge >= 0.3 is 0 Å². The zero-order valence-electron chi connectivity index (χ0n) is 21.6. The summed E-state index contributed by atoms with van der Waals surface area (Å²) >= 11 is 0. The van der Waals surface area contributed by atoms with Gasteiger partial charge in [0.05, 0.1) is 0 Å². The van der Waals surface area contributed by atoms with Crippen molar-refractivity contribution < 1.29 is 38.2 Å². The van der Waals surface area contributed by atoms with Gasteiger partial charge in [-0.25, -0.2) is 0 Å². The average Bonchev–Trinajstić information content (AvgIpc) is 2.88. The summed E-state index contributed by atoms with van der Waals surface area (Å²) in [6.45, 7) is -0.448. The SMILES string of the molecule is CNC(=O)CN(CC(=O)NC)C(=O)COc1cc(C)cc(OCC(=O)N(CC(=O)NC)CC(=O)NC)c1. The van der Waals surface area contributed by atoms with Gasteiger partial charge in [0, 0.05) is 34.3 Å². The van der Waals surface area contributed by atoms with Gasteiger partial charge in [-0.05, 0) is 24.6 Å². The Bertz CT molecular complexity index is 889. The summed E-state index contributed by atoms with van der Waals surface area (Å²) in [5, 5.41) is 9.57. The van der Waals surface area contributed by atoms with Crippen molar-refractivity contribution in [2.24, 2.45) is 0 Å². The molecule has 0 bridgehead atoms. The molecule has 37 heavy (non-hydrogen) atoms. The van der Waals surface area contributed by atoms with Gasteiger partial charge in [-0.2, -0.15) is 0 Å². The first-order valence-electron chi connectivity index (χ1n) is 11.3. The van der Waals surface area contributed by atoms with Gasteiger partial charge < -0.3 is 40.5 Å². The Morgan fingerprint density at radius 3 is 1.16 bits per heavy atom. The number of carbonyl (C=O) groups excluding carboxylic acids is 6. The second kappa shape index (κ2) is 15.6. The van der Waals surface area contributed by atoms with Crippen LogP contribution < -0.4 is 30.7 Å². The van der Waals surface area contributed by atoms with Gasteiger partial charge in [0.1, 0.15) is 37.7 Å². The molecule has 0 fully saturated rings. The fourth-order valence-corrected chi connectivity index (χ4v) is 2.83. The molecule has 1 aromatic carbocycles. The van der Waals surface area contributed by atoms with Crippen LogP contribution in [0, 0.1) is 6.92 Å². The molecule has 0 aliphatic rings. The molecular weight excluding hydrogens is 488 g/mol. The van der Waals surface area contributed by atoms with Gasteiger partial charge in [-0.15, -0.1) is 0 Å². The van der Waals surface area contributed by atoms with Crippen molar-refractivity contribution in [2.75, 3.05) is 67.6 Å². The van der Waals surface area contributed by atoms with Crippen molar-refractivity contribution in [3.63, 3.8) is 0 Å². The van der Waals surface area contributed by atoms with E-state index in [9.17, 15) is 28.8 Å². The van der Waals surface area contributed by atoms with Crippen LogP contribution in [-0.2, 0) is 28.8 Å². The maximum Gasteiger partial charge on any atom is 0.261 e. The van der Waals surface area contributed by atoms with Crippen molar-refractivity contribution in [3.05, 3.63) is 23.8 Å². The van der Waals surface area contributed by atoms with Crippen LogP contribution in [0.3, 0.4) is 0 Å². The molecule has 4 N–H and O–H groups in total. The Kier molecular flexibility index (Phi) is 12.9. The lowest BCUT2D eigenvalue weighted by Gasteiger charge is -2.22. The van der Waals surface area contributed by atoms with Crippen molar-refractivity contribution in [2.45, 2.75) is 6.92 Å². The first-order chi connectivity index (χ1) is 17.5. The second-order valence-corrected chi connectivity index (χ2v) is 7.75. The lowest BCUT2D eigenvalue weighted by molar-refractivity contribution is -0.140. The zero-order chi connectivity index (χ0) is 28.0. The molecular formula is C23H34N6O8. The van der Waals surface area contributed by atoms with E-state index in [1.807, 2.05) is 0 Å². The van der Waals surface area contributed by atoms with Gasteiger partial charge in [0.15, 0.2) is 13.2 Å². The highest BCUT2D eigenvalue weighted by Crippen LogP contribution is 2.23. The topological polar surface area (TPSA) is 175 Å². The van der Waals surface area contributed by atoms with Crippen LogP contribution in [0.25, 0.3) is 0 Å². The minimum atomic E-state index is -0.592. The predicted octanol–water partition coefficient (Wildman–Crippen LogP) is -2.61. The largest absolute Gasteiger partial charge is 0.484 e. The van der Waals surface area contributed by atoms with E-state index in [4.69, 9.17) is 9.47 Å². The first-order valence-corrected chi connectivity index (χ1v) is 11.3. The number of hydrogen-bond donors (Lipinski definition) is 4. The molecule has 1 rings (SSSR count). The Labute approximate surface area is 215 Å². The maximum atomic E-state index is 12.6. The molecule has 0 radical (unpaired) electrons. The van der Waals surface area contributed by atoms with E-state index < -0.39 is 48.7 Å². The van der Waals surface area contributed by atoms with Crippen LogP contribution in [0.15, 0.2) is 18.2 Å². The van der Waals surface area contributed by atoms with E-state index in [-0.39, 0.29) is 37.7 Å². The molecule has 0 saturated carbocycles. The predicted molar refractivity (Wildman–Crippen MR) is 132 cm³/mol. The van der Waals surface area contributed by atoms with E-state index in [1.54, 1.807) is 19.1 Å². The lowest BCUT2D eigenvalue weighted by Crippen LogP contribution is -2.46. The summed E-state index contributed by atoms with van der Waals surface area (Å²) in [6, 6.07) is 4.72. The smallest absolute Gasteiger partial charge is 0.261 e. The quantitative estimate of drug-likeness (QED) is 0.206. The van der Waals surface area contributed by atoms with Crippen LogP contribution in [0.1, 0.15) is 5.56 Å². The van der Waals surface area contributed by atoms with E-state index in [0.717, 1.165) is 9.80 Å². The lowest BCUT2D eigenvalue weighted by atomic mass is 10.2.